The number of aliphatic hydroxyl groups is 1. The first kappa shape index (κ1) is 13.8. The second kappa shape index (κ2) is 6.06. The quantitative estimate of drug-likeness (QED) is 0.717. The number of hydrogen-bond donors (Lipinski definition) is 1. The van der Waals surface area contributed by atoms with Gasteiger partial charge in [0.1, 0.15) is 6.61 Å². The molecule has 2 aromatic heterocycles. The molecule has 0 atom stereocenters. The molecule has 0 saturated heterocycles. The fraction of sp³-hybridized carbons (Fsp3) is 0.231. The van der Waals surface area contributed by atoms with E-state index in [-0.39, 0.29) is 6.61 Å². The standard InChI is InChI=1S/C13H13N5O2S/c1-18-11(7-19)15-16-13(18)21-8-10-14-12(20-17-10)9-5-3-2-4-6-9/h2-6,19H,7-8H2,1H3. The van der Waals surface area contributed by atoms with Crippen LogP contribution in [0.15, 0.2) is 40.0 Å². The lowest BCUT2D eigenvalue weighted by molar-refractivity contribution is 0.266. The summed E-state index contributed by atoms with van der Waals surface area (Å²) in [5.41, 5.74) is 0.891. The van der Waals surface area contributed by atoms with Crippen LogP contribution in [0.4, 0.5) is 0 Å². The topological polar surface area (TPSA) is 89.9 Å². The third-order valence-electron chi connectivity index (χ3n) is 2.89. The summed E-state index contributed by atoms with van der Waals surface area (Å²) in [5.74, 6) is 2.14. The summed E-state index contributed by atoms with van der Waals surface area (Å²) in [4.78, 5) is 4.35. The van der Waals surface area contributed by atoms with Crippen molar-refractivity contribution < 1.29 is 9.63 Å². The zero-order valence-corrected chi connectivity index (χ0v) is 12.1. The Labute approximate surface area is 125 Å². The highest BCUT2D eigenvalue weighted by atomic mass is 32.2. The van der Waals surface area contributed by atoms with Crippen LogP contribution in [0, 0.1) is 0 Å². The molecule has 0 radical (unpaired) electrons. The first-order valence-corrected chi connectivity index (χ1v) is 7.26. The van der Waals surface area contributed by atoms with Crippen LogP contribution in [0.3, 0.4) is 0 Å². The minimum Gasteiger partial charge on any atom is -0.388 e. The van der Waals surface area contributed by atoms with Gasteiger partial charge >= 0.3 is 0 Å². The monoisotopic (exact) mass is 303 g/mol. The van der Waals surface area contributed by atoms with Gasteiger partial charge in [0, 0.05) is 12.6 Å². The lowest BCUT2D eigenvalue weighted by Gasteiger charge is -1.99. The third kappa shape index (κ3) is 2.96. The summed E-state index contributed by atoms with van der Waals surface area (Å²) in [5, 5.41) is 21.6. The lowest BCUT2D eigenvalue weighted by Crippen LogP contribution is -1.98. The Morgan fingerprint density at radius 2 is 2.05 bits per heavy atom. The van der Waals surface area contributed by atoms with Crippen LogP contribution in [0.5, 0.6) is 0 Å². The van der Waals surface area contributed by atoms with Crippen LogP contribution >= 0.6 is 11.8 Å². The first-order valence-electron chi connectivity index (χ1n) is 6.28. The van der Waals surface area contributed by atoms with E-state index in [1.54, 1.807) is 11.6 Å². The van der Waals surface area contributed by atoms with Crippen molar-refractivity contribution in [1.29, 1.82) is 0 Å². The predicted molar refractivity (Wildman–Crippen MR) is 76.2 cm³/mol. The fourth-order valence-electron chi connectivity index (χ4n) is 1.75. The Morgan fingerprint density at radius 1 is 1.24 bits per heavy atom. The molecule has 1 N–H and O–H groups in total. The summed E-state index contributed by atoms with van der Waals surface area (Å²) in [6.07, 6.45) is 0. The van der Waals surface area contributed by atoms with Crippen molar-refractivity contribution in [1.82, 2.24) is 24.9 Å². The summed E-state index contributed by atoms with van der Waals surface area (Å²) in [6, 6.07) is 9.61. The number of aliphatic hydroxyl groups excluding tert-OH is 1. The molecule has 0 fully saturated rings. The molecule has 2 heterocycles. The van der Waals surface area contributed by atoms with Gasteiger partial charge in [-0.25, -0.2) is 0 Å². The van der Waals surface area contributed by atoms with E-state index in [0.29, 0.717) is 28.4 Å². The van der Waals surface area contributed by atoms with Gasteiger partial charge in [-0.15, -0.1) is 10.2 Å². The largest absolute Gasteiger partial charge is 0.388 e. The Balaban J connectivity index is 1.69. The highest BCUT2D eigenvalue weighted by Gasteiger charge is 2.12. The highest BCUT2D eigenvalue weighted by Crippen LogP contribution is 2.22. The van der Waals surface area contributed by atoms with Crippen molar-refractivity contribution in [2.75, 3.05) is 0 Å². The van der Waals surface area contributed by atoms with E-state index < -0.39 is 0 Å². The van der Waals surface area contributed by atoms with Crippen LogP contribution in [0.2, 0.25) is 0 Å². The molecule has 0 aliphatic heterocycles. The minimum atomic E-state index is -0.134. The Bertz CT molecular complexity index is 725. The maximum atomic E-state index is 9.07. The van der Waals surface area contributed by atoms with Gasteiger partial charge in [0.25, 0.3) is 5.89 Å². The molecule has 3 aromatic rings. The smallest absolute Gasteiger partial charge is 0.257 e. The highest BCUT2D eigenvalue weighted by molar-refractivity contribution is 7.98. The summed E-state index contributed by atoms with van der Waals surface area (Å²) in [6.45, 7) is -0.134. The summed E-state index contributed by atoms with van der Waals surface area (Å²) < 4.78 is 6.98. The van der Waals surface area contributed by atoms with Gasteiger partial charge in [0.15, 0.2) is 16.8 Å². The van der Waals surface area contributed by atoms with Gasteiger partial charge in [-0.05, 0) is 12.1 Å². The first-order chi connectivity index (χ1) is 10.3. The van der Waals surface area contributed by atoms with Crippen LogP contribution in [-0.4, -0.2) is 30.0 Å². The molecule has 0 bridgehead atoms. The Morgan fingerprint density at radius 3 is 2.76 bits per heavy atom. The number of benzene rings is 1. The second-order valence-electron chi connectivity index (χ2n) is 4.29. The number of rotatable bonds is 5. The molecule has 0 amide bonds. The molecule has 0 aliphatic rings. The normalized spacial score (nSPS) is 11.0. The maximum absolute atomic E-state index is 9.07. The zero-order valence-electron chi connectivity index (χ0n) is 11.3. The fourth-order valence-corrected chi connectivity index (χ4v) is 2.52. The van der Waals surface area contributed by atoms with Crippen LogP contribution in [-0.2, 0) is 19.4 Å². The number of nitrogens with zero attached hydrogens (tertiary/aromatic N) is 5. The average Bonchev–Trinajstić information content (AvgIpc) is 3.13. The van der Waals surface area contributed by atoms with Crippen molar-refractivity contribution in [3.8, 4) is 11.5 Å². The number of aromatic nitrogens is 5. The van der Waals surface area contributed by atoms with E-state index >= 15 is 0 Å². The Kier molecular flexibility index (Phi) is 3.98. The molecule has 108 valence electrons. The molecule has 8 heteroatoms. The molecule has 7 nitrogen and oxygen atoms in total. The van der Waals surface area contributed by atoms with Crippen molar-refractivity contribution in [2.24, 2.45) is 7.05 Å². The SMILES string of the molecule is Cn1c(CO)nnc1SCc1noc(-c2ccccc2)n1. The van der Waals surface area contributed by atoms with Crippen LogP contribution < -0.4 is 0 Å². The van der Waals surface area contributed by atoms with Gasteiger partial charge in [-0.1, -0.05) is 35.1 Å². The van der Waals surface area contributed by atoms with E-state index in [0.717, 1.165) is 5.56 Å². The van der Waals surface area contributed by atoms with E-state index in [2.05, 4.69) is 20.3 Å². The maximum Gasteiger partial charge on any atom is 0.257 e. The van der Waals surface area contributed by atoms with E-state index in [1.165, 1.54) is 11.8 Å². The van der Waals surface area contributed by atoms with E-state index in [1.807, 2.05) is 30.3 Å². The molecule has 0 spiro atoms. The van der Waals surface area contributed by atoms with Crippen molar-refractivity contribution >= 4 is 11.8 Å². The number of hydrogen-bond acceptors (Lipinski definition) is 7. The predicted octanol–water partition coefficient (Wildman–Crippen LogP) is 1.65. The van der Waals surface area contributed by atoms with Gasteiger partial charge < -0.3 is 14.2 Å². The average molecular weight is 303 g/mol. The van der Waals surface area contributed by atoms with Gasteiger partial charge in [-0.3, -0.25) is 0 Å². The molecule has 21 heavy (non-hydrogen) atoms. The van der Waals surface area contributed by atoms with Crippen molar-refractivity contribution in [3.05, 3.63) is 42.0 Å². The van der Waals surface area contributed by atoms with Crippen LogP contribution in [0.25, 0.3) is 11.5 Å². The van der Waals surface area contributed by atoms with Gasteiger partial charge in [0.05, 0.1) is 5.75 Å². The second-order valence-corrected chi connectivity index (χ2v) is 5.23. The number of thioether (sulfide) groups is 1. The summed E-state index contributed by atoms with van der Waals surface area (Å²) >= 11 is 1.44. The lowest BCUT2D eigenvalue weighted by atomic mass is 10.2. The van der Waals surface area contributed by atoms with Crippen molar-refractivity contribution in [3.63, 3.8) is 0 Å². The molecule has 0 unspecified atom stereocenters. The van der Waals surface area contributed by atoms with Gasteiger partial charge in [0.2, 0.25) is 0 Å². The summed E-state index contributed by atoms with van der Waals surface area (Å²) in [7, 11) is 1.81. The molecular weight excluding hydrogens is 290 g/mol. The van der Waals surface area contributed by atoms with E-state index in [9.17, 15) is 0 Å². The molecule has 0 aliphatic carbocycles. The molecule has 0 saturated carbocycles. The minimum absolute atomic E-state index is 0.134. The molecular formula is C13H13N5O2S. The third-order valence-corrected chi connectivity index (χ3v) is 3.90. The van der Waals surface area contributed by atoms with Gasteiger partial charge in [-0.2, -0.15) is 4.98 Å². The molecule has 3 rings (SSSR count). The van der Waals surface area contributed by atoms with Crippen LogP contribution in [0.1, 0.15) is 11.6 Å². The van der Waals surface area contributed by atoms with E-state index in [4.69, 9.17) is 9.63 Å². The van der Waals surface area contributed by atoms with Crippen molar-refractivity contribution in [2.45, 2.75) is 17.5 Å². The zero-order chi connectivity index (χ0) is 14.7. The molecule has 1 aromatic carbocycles. The Hall–Kier alpha value is -2.19.